The number of aromatic nitrogens is 4. The van der Waals surface area contributed by atoms with Gasteiger partial charge < -0.3 is 8.98 Å². The monoisotopic (exact) mass is 728 g/mol. The Morgan fingerprint density at radius 3 is 1.61 bits per heavy atom. The van der Waals surface area contributed by atoms with E-state index in [0.717, 1.165) is 77.6 Å². The third-order valence-corrected chi connectivity index (χ3v) is 11.3. The number of nitrogens with zero attached hydrogens (tertiary/aromatic N) is 4. The second-order valence-electron chi connectivity index (χ2n) is 14.6. The van der Waals surface area contributed by atoms with Crippen molar-refractivity contribution in [3.05, 3.63) is 194 Å². The molecule has 12 aromatic rings. The molecule has 57 heavy (non-hydrogen) atoms. The number of rotatable bonds is 5. The van der Waals surface area contributed by atoms with Gasteiger partial charge >= 0.3 is 0 Å². The fourth-order valence-corrected chi connectivity index (χ4v) is 8.69. The quantitative estimate of drug-likeness (QED) is 0.177. The Morgan fingerprint density at radius 2 is 0.877 bits per heavy atom. The Morgan fingerprint density at radius 1 is 0.333 bits per heavy atom. The lowest BCUT2D eigenvalue weighted by molar-refractivity contribution is 0.669. The molecule has 0 N–H and O–H groups in total. The third kappa shape index (κ3) is 4.96. The second-order valence-corrected chi connectivity index (χ2v) is 14.6. The van der Waals surface area contributed by atoms with Crippen LogP contribution in [0.3, 0.4) is 0 Å². The predicted octanol–water partition coefficient (Wildman–Crippen LogP) is 13.6. The summed E-state index contributed by atoms with van der Waals surface area (Å²) in [4.78, 5) is 10.7. The molecule has 4 heterocycles. The summed E-state index contributed by atoms with van der Waals surface area (Å²) >= 11 is 0. The minimum Gasteiger partial charge on any atom is -0.456 e. The molecule has 0 saturated heterocycles. The van der Waals surface area contributed by atoms with Gasteiger partial charge in [-0.15, -0.1) is 0 Å². The minimum absolute atomic E-state index is 0.652. The zero-order valence-electron chi connectivity index (χ0n) is 30.7. The van der Waals surface area contributed by atoms with Gasteiger partial charge in [-0.3, -0.25) is 4.57 Å². The van der Waals surface area contributed by atoms with Crippen LogP contribution in [-0.4, -0.2) is 19.1 Å². The van der Waals surface area contributed by atoms with E-state index >= 15 is 0 Å². The summed E-state index contributed by atoms with van der Waals surface area (Å²) < 4.78 is 11.1. The average Bonchev–Trinajstić information content (AvgIpc) is 3.93. The van der Waals surface area contributed by atoms with E-state index in [1.54, 1.807) is 0 Å². The van der Waals surface area contributed by atoms with E-state index in [9.17, 15) is 0 Å². The summed E-state index contributed by atoms with van der Waals surface area (Å²) in [6, 6.07) is 68.4. The third-order valence-electron chi connectivity index (χ3n) is 11.3. The highest BCUT2D eigenvalue weighted by Crippen LogP contribution is 2.40. The lowest BCUT2D eigenvalue weighted by Gasteiger charge is -2.13. The van der Waals surface area contributed by atoms with Crippen LogP contribution in [0.25, 0.3) is 111 Å². The minimum atomic E-state index is 0.652. The summed E-state index contributed by atoms with van der Waals surface area (Å²) in [6.45, 7) is 0. The molecular formula is C52H32N4O. The van der Waals surface area contributed by atoms with Gasteiger partial charge in [-0.1, -0.05) is 133 Å². The number of para-hydroxylation sites is 4. The van der Waals surface area contributed by atoms with Gasteiger partial charge in [-0.2, -0.15) is 0 Å². The lowest BCUT2D eigenvalue weighted by Crippen LogP contribution is -2.02. The molecule has 0 amide bonds. The van der Waals surface area contributed by atoms with E-state index < -0.39 is 0 Å². The number of hydrogen-bond acceptors (Lipinski definition) is 3. The Bertz CT molecular complexity index is 3500. The van der Waals surface area contributed by atoms with E-state index in [2.05, 4.69) is 185 Å². The predicted molar refractivity (Wildman–Crippen MR) is 234 cm³/mol. The van der Waals surface area contributed by atoms with Crippen LogP contribution >= 0.6 is 0 Å². The Hall–Kier alpha value is -7.76. The maximum Gasteiger partial charge on any atom is 0.162 e. The first-order valence-electron chi connectivity index (χ1n) is 19.2. The molecule has 0 radical (unpaired) electrons. The van der Waals surface area contributed by atoms with Crippen LogP contribution in [0, 0.1) is 0 Å². The molecule has 266 valence electrons. The molecule has 0 atom stereocenters. The van der Waals surface area contributed by atoms with Crippen molar-refractivity contribution < 1.29 is 4.42 Å². The van der Waals surface area contributed by atoms with Crippen LogP contribution in [0.15, 0.2) is 199 Å². The normalized spacial score (nSPS) is 11.9. The first kappa shape index (κ1) is 31.6. The number of furan rings is 1. The van der Waals surface area contributed by atoms with Crippen molar-refractivity contribution in [2.24, 2.45) is 0 Å². The molecule has 0 spiro atoms. The molecule has 0 aliphatic heterocycles. The maximum absolute atomic E-state index is 6.36. The van der Waals surface area contributed by atoms with Crippen LogP contribution < -0.4 is 0 Å². The Kier molecular flexibility index (Phi) is 6.86. The van der Waals surface area contributed by atoms with Gasteiger partial charge in [0.1, 0.15) is 17.0 Å². The lowest BCUT2D eigenvalue weighted by atomic mass is 10.0. The van der Waals surface area contributed by atoms with Crippen LogP contribution in [0.4, 0.5) is 0 Å². The van der Waals surface area contributed by atoms with E-state index in [1.165, 1.54) is 27.4 Å². The molecule has 0 fully saturated rings. The van der Waals surface area contributed by atoms with Gasteiger partial charge in [0.05, 0.1) is 27.8 Å². The first-order chi connectivity index (χ1) is 28.2. The Labute approximate surface area is 327 Å². The highest BCUT2D eigenvalue weighted by atomic mass is 16.3. The summed E-state index contributed by atoms with van der Waals surface area (Å²) in [5.41, 5.74) is 12.4. The molecule has 0 unspecified atom stereocenters. The molecule has 0 bridgehead atoms. The van der Waals surface area contributed by atoms with Gasteiger partial charge in [0, 0.05) is 55.2 Å². The van der Waals surface area contributed by atoms with Gasteiger partial charge in [0.25, 0.3) is 0 Å². The van der Waals surface area contributed by atoms with Crippen LogP contribution in [0.5, 0.6) is 0 Å². The maximum atomic E-state index is 6.36. The molecule has 4 aromatic heterocycles. The van der Waals surface area contributed by atoms with Crippen LogP contribution in [0.1, 0.15) is 0 Å². The van der Waals surface area contributed by atoms with E-state index in [0.29, 0.717) is 5.82 Å². The van der Waals surface area contributed by atoms with Crippen molar-refractivity contribution in [2.75, 3.05) is 0 Å². The molecule has 5 heteroatoms. The molecule has 8 aromatic carbocycles. The summed E-state index contributed by atoms with van der Waals surface area (Å²) in [7, 11) is 0. The van der Waals surface area contributed by atoms with Crippen LogP contribution in [0.2, 0.25) is 0 Å². The fraction of sp³-hybridized carbons (Fsp3) is 0. The van der Waals surface area contributed by atoms with Crippen molar-refractivity contribution in [1.82, 2.24) is 19.1 Å². The molecule has 0 aliphatic carbocycles. The molecule has 0 aliphatic rings. The van der Waals surface area contributed by atoms with E-state index in [4.69, 9.17) is 14.4 Å². The van der Waals surface area contributed by atoms with Crippen molar-refractivity contribution in [3.63, 3.8) is 0 Å². The number of fused-ring (bicyclic) bond motifs is 9. The summed E-state index contributed by atoms with van der Waals surface area (Å²) in [5, 5.41) is 6.91. The SMILES string of the molecule is c1ccc(-c2ccc(-c3nc(-c4ccc5c(c4)oc4ccccc45)cc(-n4c5ccccc5c5cc6c(cc54)c4ccccc4n6-c4ccccc4)n3)cc2)cc1. The summed E-state index contributed by atoms with van der Waals surface area (Å²) in [5.74, 6) is 1.45. The summed E-state index contributed by atoms with van der Waals surface area (Å²) in [6.07, 6.45) is 0. The largest absolute Gasteiger partial charge is 0.456 e. The first-order valence-corrected chi connectivity index (χ1v) is 19.2. The van der Waals surface area contributed by atoms with Crippen molar-refractivity contribution in [3.8, 4) is 45.3 Å². The topological polar surface area (TPSA) is 48.8 Å². The number of hydrogen-bond donors (Lipinski definition) is 0. The standard InChI is InChI=1S/C52H32N4O/c1-3-13-33(14-4-1)34-23-25-35(26-24-34)52-53-44(36-27-28-41-40-19-9-12-22-49(40)57-50(41)29-36)32-51(54-52)56-46-21-11-8-18-39(46)43-30-47-42(31-48(43)56)38-17-7-10-20-45(38)55(47)37-15-5-2-6-16-37/h1-32H. The average molecular weight is 729 g/mol. The van der Waals surface area contributed by atoms with Gasteiger partial charge in [-0.05, 0) is 65.7 Å². The Balaban J connectivity index is 1.12. The van der Waals surface area contributed by atoms with Crippen LogP contribution in [-0.2, 0) is 0 Å². The zero-order chi connectivity index (χ0) is 37.5. The molecule has 0 saturated carbocycles. The van der Waals surface area contributed by atoms with Crippen molar-refractivity contribution in [1.29, 1.82) is 0 Å². The smallest absolute Gasteiger partial charge is 0.162 e. The van der Waals surface area contributed by atoms with Crippen molar-refractivity contribution >= 4 is 65.6 Å². The molecule has 5 nitrogen and oxygen atoms in total. The molecule has 12 rings (SSSR count). The zero-order valence-corrected chi connectivity index (χ0v) is 30.7. The highest BCUT2D eigenvalue weighted by molar-refractivity contribution is 6.19. The van der Waals surface area contributed by atoms with E-state index in [1.807, 2.05) is 18.2 Å². The number of benzene rings is 8. The van der Waals surface area contributed by atoms with Gasteiger partial charge in [-0.25, -0.2) is 9.97 Å². The van der Waals surface area contributed by atoms with Gasteiger partial charge in [0.2, 0.25) is 0 Å². The fourth-order valence-electron chi connectivity index (χ4n) is 8.69. The van der Waals surface area contributed by atoms with Crippen molar-refractivity contribution in [2.45, 2.75) is 0 Å². The highest BCUT2D eigenvalue weighted by Gasteiger charge is 2.21. The van der Waals surface area contributed by atoms with Gasteiger partial charge in [0.15, 0.2) is 5.82 Å². The van der Waals surface area contributed by atoms with E-state index in [-0.39, 0.29) is 0 Å². The molecular weight excluding hydrogens is 697 g/mol. The second kappa shape index (κ2) is 12.4.